The summed E-state index contributed by atoms with van der Waals surface area (Å²) in [4.78, 5) is 14.5. The number of carbonyl (C=O) groups is 1. The van der Waals surface area contributed by atoms with Gasteiger partial charge >= 0.3 is 0 Å². The molecule has 0 bridgehead atoms. The van der Waals surface area contributed by atoms with E-state index in [1.807, 2.05) is 4.90 Å². The van der Waals surface area contributed by atoms with Crippen molar-refractivity contribution in [1.82, 2.24) is 4.90 Å². The standard InChI is InChI=1S/C15H27NO3/c1-3-5-6-13(4-2)14(17)16-9-7-15(8-10-16)18-11-12-19-15/h13H,3-12H2,1-2H3. The highest BCUT2D eigenvalue weighted by Crippen LogP contribution is 2.32. The summed E-state index contributed by atoms with van der Waals surface area (Å²) in [5.41, 5.74) is 0. The average molecular weight is 269 g/mol. The highest BCUT2D eigenvalue weighted by atomic mass is 16.7. The fourth-order valence-corrected chi connectivity index (χ4v) is 3.06. The largest absolute Gasteiger partial charge is 0.347 e. The Balaban J connectivity index is 1.83. The van der Waals surface area contributed by atoms with Crippen molar-refractivity contribution in [2.75, 3.05) is 26.3 Å². The Bertz CT molecular complexity index is 290. The molecule has 2 aliphatic rings. The lowest BCUT2D eigenvalue weighted by Gasteiger charge is -2.38. The Morgan fingerprint density at radius 3 is 2.37 bits per heavy atom. The van der Waals surface area contributed by atoms with Gasteiger partial charge in [-0.05, 0) is 12.8 Å². The van der Waals surface area contributed by atoms with Gasteiger partial charge in [-0.3, -0.25) is 4.79 Å². The number of hydrogen-bond donors (Lipinski definition) is 0. The van der Waals surface area contributed by atoms with Crippen molar-refractivity contribution >= 4 is 5.91 Å². The molecule has 2 rings (SSSR count). The minimum Gasteiger partial charge on any atom is -0.347 e. The first kappa shape index (κ1) is 14.8. The fraction of sp³-hybridized carbons (Fsp3) is 0.933. The zero-order valence-corrected chi connectivity index (χ0v) is 12.3. The third-order valence-electron chi connectivity index (χ3n) is 4.40. The van der Waals surface area contributed by atoms with Crippen LogP contribution in [0.25, 0.3) is 0 Å². The second-order valence-corrected chi connectivity index (χ2v) is 5.68. The van der Waals surface area contributed by atoms with Crippen LogP contribution < -0.4 is 0 Å². The fourth-order valence-electron chi connectivity index (χ4n) is 3.06. The average Bonchev–Trinajstić information content (AvgIpc) is 2.88. The third-order valence-corrected chi connectivity index (χ3v) is 4.40. The molecule has 1 atom stereocenters. The van der Waals surface area contributed by atoms with Gasteiger partial charge in [0, 0.05) is 31.8 Å². The number of unbranched alkanes of at least 4 members (excludes halogenated alkanes) is 1. The second kappa shape index (κ2) is 6.71. The zero-order valence-electron chi connectivity index (χ0n) is 12.3. The third kappa shape index (κ3) is 3.48. The van der Waals surface area contributed by atoms with Crippen LogP contribution in [0.5, 0.6) is 0 Å². The molecule has 0 radical (unpaired) electrons. The van der Waals surface area contributed by atoms with Crippen LogP contribution in [0.4, 0.5) is 0 Å². The molecular formula is C15H27NO3. The Morgan fingerprint density at radius 2 is 1.84 bits per heavy atom. The molecule has 0 aromatic heterocycles. The molecule has 4 nitrogen and oxygen atoms in total. The molecule has 4 heteroatoms. The summed E-state index contributed by atoms with van der Waals surface area (Å²) in [6.07, 6.45) is 5.93. The summed E-state index contributed by atoms with van der Waals surface area (Å²) in [6, 6.07) is 0. The second-order valence-electron chi connectivity index (χ2n) is 5.68. The van der Waals surface area contributed by atoms with Gasteiger partial charge in [0.15, 0.2) is 5.79 Å². The number of hydrogen-bond acceptors (Lipinski definition) is 3. The number of rotatable bonds is 5. The first-order chi connectivity index (χ1) is 9.21. The van der Waals surface area contributed by atoms with Crippen molar-refractivity contribution in [1.29, 1.82) is 0 Å². The van der Waals surface area contributed by atoms with Crippen LogP contribution in [0.3, 0.4) is 0 Å². The molecule has 0 N–H and O–H groups in total. The maximum Gasteiger partial charge on any atom is 0.225 e. The van der Waals surface area contributed by atoms with E-state index in [2.05, 4.69) is 13.8 Å². The maximum absolute atomic E-state index is 12.5. The van der Waals surface area contributed by atoms with Gasteiger partial charge in [0.25, 0.3) is 0 Å². The number of ether oxygens (including phenoxy) is 2. The number of piperidine rings is 1. The molecule has 110 valence electrons. The van der Waals surface area contributed by atoms with E-state index >= 15 is 0 Å². The van der Waals surface area contributed by atoms with Gasteiger partial charge in [0.2, 0.25) is 5.91 Å². The van der Waals surface area contributed by atoms with Crippen molar-refractivity contribution in [3.05, 3.63) is 0 Å². The highest BCUT2D eigenvalue weighted by Gasteiger charge is 2.41. The van der Waals surface area contributed by atoms with Crippen LogP contribution >= 0.6 is 0 Å². The minimum absolute atomic E-state index is 0.208. The molecule has 1 amide bonds. The van der Waals surface area contributed by atoms with E-state index in [4.69, 9.17) is 9.47 Å². The van der Waals surface area contributed by atoms with Crippen LogP contribution in [0.15, 0.2) is 0 Å². The molecule has 2 saturated heterocycles. The summed E-state index contributed by atoms with van der Waals surface area (Å²) < 4.78 is 11.4. The summed E-state index contributed by atoms with van der Waals surface area (Å²) in [5, 5.41) is 0. The SMILES string of the molecule is CCCCC(CC)C(=O)N1CCC2(CC1)OCCO2. The van der Waals surface area contributed by atoms with Crippen molar-refractivity contribution < 1.29 is 14.3 Å². The molecule has 2 aliphatic heterocycles. The smallest absolute Gasteiger partial charge is 0.225 e. The van der Waals surface area contributed by atoms with E-state index in [1.165, 1.54) is 0 Å². The highest BCUT2D eigenvalue weighted by molar-refractivity contribution is 5.78. The quantitative estimate of drug-likeness (QED) is 0.770. The number of likely N-dealkylation sites (tertiary alicyclic amines) is 1. The maximum atomic E-state index is 12.5. The van der Waals surface area contributed by atoms with E-state index in [-0.39, 0.29) is 11.7 Å². The molecule has 0 aromatic carbocycles. The van der Waals surface area contributed by atoms with Gasteiger partial charge in [0.05, 0.1) is 13.2 Å². The molecule has 1 spiro atoms. The Hall–Kier alpha value is -0.610. The van der Waals surface area contributed by atoms with Crippen molar-refractivity contribution in [2.45, 2.75) is 58.2 Å². The molecule has 0 aromatic rings. The molecule has 2 heterocycles. The summed E-state index contributed by atoms with van der Waals surface area (Å²) in [7, 11) is 0. The molecule has 19 heavy (non-hydrogen) atoms. The summed E-state index contributed by atoms with van der Waals surface area (Å²) in [5.74, 6) is 0.172. The van der Waals surface area contributed by atoms with Gasteiger partial charge in [-0.25, -0.2) is 0 Å². The number of carbonyl (C=O) groups excluding carboxylic acids is 1. The van der Waals surface area contributed by atoms with E-state index in [9.17, 15) is 4.79 Å². The van der Waals surface area contributed by atoms with E-state index in [1.54, 1.807) is 0 Å². The molecular weight excluding hydrogens is 242 g/mol. The summed E-state index contributed by atoms with van der Waals surface area (Å²) in [6.45, 7) is 7.25. The monoisotopic (exact) mass is 269 g/mol. The first-order valence-electron chi connectivity index (χ1n) is 7.77. The Labute approximate surface area is 116 Å². The lowest BCUT2D eigenvalue weighted by atomic mass is 9.95. The normalized spacial score (nSPS) is 23.8. The van der Waals surface area contributed by atoms with Crippen LogP contribution in [-0.2, 0) is 14.3 Å². The Kier molecular flexibility index (Phi) is 5.22. The zero-order chi connectivity index (χ0) is 13.7. The van der Waals surface area contributed by atoms with Gasteiger partial charge in [-0.15, -0.1) is 0 Å². The molecule has 0 saturated carbocycles. The van der Waals surface area contributed by atoms with Crippen molar-refractivity contribution in [3.63, 3.8) is 0 Å². The predicted octanol–water partition coefficient (Wildman–Crippen LogP) is 2.57. The van der Waals surface area contributed by atoms with E-state index in [0.717, 1.165) is 51.6 Å². The molecule has 1 unspecified atom stereocenters. The topological polar surface area (TPSA) is 38.8 Å². The van der Waals surface area contributed by atoms with Crippen molar-refractivity contribution in [3.8, 4) is 0 Å². The van der Waals surface area contributed by atoms with Gasteiger partial charge in [-0.1, -0.05) is 26.7 Å². The molecule has 0 aliphatic carbocycles. The van der Waals surface area contributed by atoms with Gasteiger partial charge in [0.1, 0.15) is 0 Å². The van der Waals surface area contributed by atoms with Crippen LogP contribution in [0, 0.1) is 5.92 Å². The van der Waals surface area contributed by atoms with Crippen molar-refractivity contribution in [2.24, 2.45) is 5.92 Å². The van der Waals surface area contributed by atoms with Crippen LogP contribution in [-0.4, -0.2) is 42.9 Å². The molecule has 2 fully saturated rings. The van der Waals surface area contributed by atoms with Crippen LogP contribution in [0.2, 0.25) is 0 Å². The minimum atomic E-state index is -0.373. The van der Waals surface area contributed by atoms with Gasteiger partial charge in [-0.2, -0.15) is 0 Å². The lowest BCUT2D eigenvalue weighted by Crippen LogP contribution is -2.48. The van der Waals surface area contributed by atoms with E-state index in [0.29, 0.717) is 19.1 Å². The lowest BCUT2D eigenvalue weighted by molar-refractivity contribution is -0.188. The predicted molar refractivity (Wildman–Crippen MR) is 73.8 cm³/mol. The number of amides is 1. The van der Waals surface area contributed by atoms with E-state index < -0.39 is 0 Å². The first-order valence-corrected chi connectivity index (χ1v) is 7.77. The van der Waals surface area contributed by atoms with Gasteiger partial charge < -0.3 is 14.4 Å². The summed E-state index contributed by atoms with van der Waals surface area (Å²) >= 11 is 0. The van der Waals surface area contributed by atoms with Crippen LogP contribution in [0.1, 0.15) is 52.4 Å². The number of nitrogens with zero attached hydrogens (tertiary/aromatic N) is 1. The Morgan fingerprint density at radius 1 is 1.21 bits per heavy atom.